The van der Waals surface area contributed by atoms with Crippen molar-refractivity contribution in [2.45, 2.75) is 12.2 Å². The van der Waals surface area contributed by atoms with E-state index in [0.29, 0.717) is 5.69 Å². The van der Waals surface area contributed by atoms with E-state index >= 15 is 0 Å². The zero-order valence-corrected chi connectivity index (χ0v) is 11.6. The Hall–Kier alpha value is -1.33. The summed E-state index contributed by atoms with van der Waals surface area (Å²) in [6.07, 6.45) is 2.05. The number of thiazole rings is 1. The number of rotatable bonds is 5. The Bertz CT molecular complexity index is 551. The molecule has 0 saturated heterocycles. The van der Waals surface area contributed by atoms with Crippen LogP contribution in [0.1, 0.15) is 11.3 Å². The standard InChI is InChI=1S/C13H13NO2S2/c1-17-7-9-4-2-3-5-11(9)13-14-10(8-18-13)6-12(15)16/h2-5,8H,6-7H2,1H3,(H,15,16). The summed E-state index contributed by atoms with van der Waals surface area (Å²) in [5, 5.41) is 11.5. The van der Waals surface area contributed by atoms with E-state index in [1.807, 2.05) is 23.6 Å². The Morgan fingerprint density at radius 1 is 1.44 bits per heavy atom. The molecule has 0 radical (unpaired) electrons. The Morgan fingerprint density at radius 3 is 2.94 bits per heavy atom. The second-order valence-corrected chi connectivity index (χ2v) is 5.53. The first-order valence-corrected chi connectivity index (χ1v) is 7.71. The average Bonchev–Trinajstić information content (AvgIpc) is 2.77. The maximum Gasteiger partial charge on any atom is 0.309 e. The Morgan fingerprint density at radius 2 is 2.22 bits per heavy atom. The molecule has 0 saturated carbocycles. The fourth-order valence-electron chi connectivity index (χ4n) is 1.68. The van der Waals surface area contributed by atoms with Crippen molar-refractivity contribution in [3.8, 4) is 10.6 Å². The van der Waals surface area contributed by atoms with Gasteiger partial charge in [0.15, 0.2) is 0 Å². The molecule has 0 bridgehead atoms. The van der Waals surface area contributed by atoms with Gasteiger partial charge in [0, 0.05) is 16.7 Å². The molecule has 3 nitrogen and oxygen atoms in total. The van der Waals surface area contributed by atoms with Crippen molar-refractivity contribution in [1.29, 1.82) is 0 Å². The summed E-state index contributed by atoms with van der Waals surface area (Å²) >= 11 is 3.26. The van der Waals surface area contributed by atoms with Crippen molar-refractivity contribution in [1.82, 2.24) is 4.98 Å². The zero-order valence-electron chi connectivity index (χ0n) is 9.92. The highest BCUT2D eigenvalue weighted by Crippen LogP contribution is 2.29. The third-order valence-electron chi connectivity index (χ3n) is 2.43. The summed E-state index contributed by atoms with van der Waals surface area (Å²) in [6, 6.07) is 8.12. The van der Waals surface area contributed by atoms with Crippen LogP contribution in [0.2, 0.25) is 0 Å². The molecular formula is C13H13NO2S2. The van der Waals surface area contributed by atoms with E-state index in [-0.39, 0.29) is 6.42 Å². The number of benzene rings is 1. The highest BCUT2D eigenvalue weighted by atomic mass is 32.2. The molecule has 0 aliphatic carbocycles. The molecule has 5 heteroatoms. The van der Waals surface area contributed by atoms with E-state index in [1.54, 1.807) is 11.8 Å². The monoisotopic (exact) mass is 279 g/mol. The molecule has 94 valence electrons. The first-order valence-electron chi connectivity index (χ1n) is 5.44. The van der Waals surface area contributed by atoms with E-state index in [2.05, 4.69) is 17.3 Å². The van der Waals surface area contributed by atoms with Gasteiger partial charge >= 0.3 is 5.97 Å². The van der Waals surface area contributed by atoms with E-state index in [1.165, 1.54) is 16.9 Å². The topological polar surface area (TPSA) is 50.2 Å². The van der Waals surface area contributed by atoms with Crippen molar-refractivity contribution >= 4 is 29.1 Å². The number of carbonyl (C=O) groups is 1. The molecule has 1 heterocycles. The van der Waals surface area contributed by atoms with Gasteiger partial charge in [-0.15, -0.1) is 11.3 Å². The van der Waals surface area contributed by atoms with Crippen molar-refractivity contribution in [2.24, 2.45) is 0 Å². The molecule has 1 N–H and O–H groups in total. The van der Waals surface area contributed by atoms with E-state index in [4.69, 9.17) is 5.11 Å². The number of aromatic nitrogens is 1. The summed E-state index contributed by atoms with van der Waals surface area (Å²) in [5.41, 5.74) is 2.97. The van der Waals surface area contributed by atoms with Crippen molar-refractivity contribution in [3.63, 3.8) is 0 Å². The molecule has 18 heavy (non-hydrogen) atoms. The molecule has 1 aromatic heterocycles. The summed E-state index contributed by atoms with van der Waals surface area (Å²) in [5.74, 6) is 0.0913. The van der Waals surface area contributed by atoms with Crippen LogP contribution in [0, 0.1) is 0 Å². The lowest BCUT2D eigenvalue weighted by Gasteiger charge is -2.04. The van der Waals surface area contributed by atoms with Gasteiger partial charge in [0.25, 0.3) is 0 Å². The van der Waals surface area contributed by atoms with Gasteiger partial charge in [-0.1, -0.05) is 24.3 Å². The van der Waals surface area contributed by atoms with Gasteiger partial charge in [0.1, 0.15) is 5.01 Å². The number of aliphatic carboxylic acids is 1. The molecule has 0 atom stereocenters. The number of nitrogens with zero attached hydrogens (tertiary/aromatic N) is 1. The number of carboxylic acid groups (broad SMARTS) is 1. The third kappa shape index (κ3) is 3.11. The molecule has 2 aromatic rings. The van der Waals surface area contributed by atoms with E-state index < -0.39 is 5.97 Å². The maximum atomic E-state index is 10.6. The van der Waals surface area contributed by atoms with Gasteiger partial charge in [0.05, 0.1) is 12.1 Å². The molecular weight excluding hydrogens is 266 g/mol. The van der Waals surface area contributed by atoms with Crippen LogP contribution >= 0.6 is 23.1 Å². The Balaban J connectivity index is 2.30. The summed E-state index contributed by atoms with van der Waals surface area (Å²) in [7, 11) is 0. The van der Waals surface area contributed by atoms with E-state index in [0.717, 1.165) is 16.3 Å². The van der Waals surface area contributed by atoms with Crippen LogP contribution in [-0.4, -0.2) is 22.3 Å². The zero-order chi connectivity index (χ0) is 13.0. The van der Waals surface area contributed by atoms with Gasteiger partial charge in [-0.25, -0.2) is 4.98 Å². The van der Waals surface area contributed by atoms with Gasteiger partial charge < -0.3 is 5.11 Å². The maximum absolute atomic E-state index is 10.6. The third-order valence-corrected chi connectivity index (χ3v) is 3.96. The molecule has 0 spiro atoms. The number of hydrogen-bond donors (Lipinski definition) is 1. The van der Waals surface area contributed by atoms with Gasteiger partial charge in [-0.2, -0.15) is 11.8 Å². The second-order valence-electron chi connectivity index (χ2n) is 3.80. The number of carboxylic acids is 1. The average molecular weight is 279 g/mol. The van der Waals surface area contributed by atoms with Crippen molar-refractivity contribution in [2.75, 3.05) is 6.26 Å². The summed E-state index contributed by atoms with van der Waals surface area (Å²) in [6.45, 7) is 0. The molecule has 0 aliphatic heterocycles. The van der Waals surface area contributed by atoms with E-state index in [9.17, 15) is 4.79 Å². The fourth-order valence-corrected chi connectivity index (χ4v) is 3.12. The molecule has 1 aromatic carbocycles. The van der Waals surface area contributed by atoms with Crippen LogP contribution in [0.15, 0.2) is 29.6 Å². The van der Waals surface area contributed by atoms with Crippen molar-refractivity contribution < 1.29 is 9.90 Å². The van der Waals surface area contributed by atoms with Crippen LogP contribution in [0.3, 0.4) is 0 Å². The lowest BCUT2D eigenvalue weighted by molar-refractivity contribution is -0.136. The fraction of sp³-hybridized carbons (Fsp3) is 0.231. The minimum atomic E-state index is -0.843. The molecule has 0 unspecified atom stereocenters. The number of thioether (sulfide) groups is 1. The minimum Gasteiger partial charge on any atom is -0.481 e. The number of hydrogen-bond acceptors (Lipinski definition) is 4. The quantitative estimate of drug-likeness (QED) is 0.912. The molecule has 0 aliphatic rings. The van der Waals surface area contributed by atoms with Crippen LogP contribution < -0.4 is 0 Å². The van der Waals surface area contributed by atoms with Gasteiger partial charge in [0.2, 0.25) is 0 Å². The lowest BCUT2D eigenvalue weighted by atomic mass is 10.1. The Kier molecular flexibility index (Phi) is 4.38. The Labute approximate surface area is 114 Å². The molecule has 2 rings (SSSR count). The van der Waals surface area contributed by atoms with Gasteiger partial charge in [-0.05, 0) is 11.8 Å². The first kappa shape index (κ1) is 13.1. The lowest BCUT2D eigenvalue weighted by Crippen LogP contribution is -2.00. The SMILES string of the molecule is CSCc1ccccc1-c1nc(CC(=O)O)cs1. The first-order chi connectivity index (χ1) is 8.70. The van der Waals surface area contributed by atoms with Crippen LogP contribution in [0.25, 0.3) is 10.6 Å². The highest BCUT2D eigenvalue weighted by Gasteiger charge is 2.10. The van der Waals surface area contributed by atoms with Crippen LogP contribution in [0.4, 0.5) is 0 Å². The van der Waals surface area contributed by atoms with Gasteiger partial charge in [-0.3, -0.25) is 4.79 Å². The highest BCUT2D eigenvalue weighted by molar-refractivity contribution is 7.97. The summed E-state index contributed by atoms with van der Waals surface area (Å²) in [4.78, 5) is 15.0. The van der Waals surface area contributed by atoms with Crippen LogP contribution in [-0.2, 0) is 17.0 Å². The van der Waals surface area contributed by atoms with Crippen LogP contribution in [0.5, 0.6) is 0 Å². The normalized spacial score (nSPS) is 10.5. The molecule has 0 fully saturated rings. The predicted molar refractivity (Wildman–Crippen MR) is 76.1 cm³/mol. The largest absolute Gasteiger partial charge is 0.481 e. The predicted octanol–water partition coefficient (Wildman–Crippen LogP) is 3.30. The second kappa shape index (κ2) is 6.02. The smallest absolute Gasteiger partial charge is 0.309 e. The summed E-state index contributed by atoms with van der Waals surface area (Å²) < 4.78 is 0. The molecule has 0 amide bonds. The van der Waals surface area contributed by atoms with Crippen molar-refractivity contribution in [3.05, 3.63) is 40.9 Å². The minimum absolute atomic E-state index is 0.0127.